The normalized spacial score (nSPS) is 35.8. The molecule has 0 aromatic heterocycles. The van der Waals surface area contributed by atoms with Crippen LogP contribution in [0.5, 0.6) is 0 Å². The Morgan fingerprint density at radius 3 is 2.65 bits per heavy atom. The first-order valence-corrected chi connectivity index (χ1v) is 7.54. The van der Waals surface area contributed by atoms with Crippen LogP contribution in [0.25, 0.3) is 0 Å². The van der Waals surface area contributed by atoms with Crippen LogP contribution in [0.15, 0.2) is 0 Å². The third-order valence-electron chi connectivity index (χ3n) is 4.70. The lowest BCUT2D eigenvalue weighted by molar-refractivity contribution is 0.254. The zero-order valence-corrected chi connectivity index (χ0v) is 11.2. The van der Waals surface area contributed by atoms with Crippen LogP contribution in [0.1, 0.15) is 39.0 Å². The molecule has 0 amide bonds. The summed E-state index contributed by atoms with van der Waals surface area (Å²) in [5.41, 5.74) is 0. The first kappa shape index (κ1) is 11.9. The lowest BCUT2D eigenvalue weighted by atomic mass is 10.2. The largest absolute Gasteiger partial charge is 0.311 e. The standard InChI is InChI=1S/C14H27N3/c1-12-10-13(11-17(12)14-4-5-14)15-6-9-16-7-2-3-8-16/h12-15H,2-11H2,1H3. The molecular weight excluding hydrogens is 210 g/mol. The molecule has 2 atom stereocenters. The van der Waals surface area contributed by atoms with Crippen LogP contribution in [0.3, 0.4) is 0 Å². The summed E-state index contributed by atoms with van der Waals surface area (Å²) in [6.45, 7) is 8.81. The Labute approximate surface area is 106 Å². The third-order valence-corrected chi connectivity index (χ3v) is 4.70. The summed E-state index contributed by atoms with van der Waals surface area (Å²) in [7, 11) is 0. The van der Waals surface area contributed by atoms with Gasteiger partial charge >= 0.3 is 0 Å². The van der Waals surface area contributed by atoms with Crippen LogP contribution in [0, 0.1) is 0 Å². The summed E-state index contributed by atoms with van der Waals surface area (Å²) in [5.74, 6) is 0. The molecule has 3 fully saturated rings. The molecule has 3 nitrogen and oxygen atoms in total. The first-order valence-electron chi connectivity index (χ1n) is 7.54. The van der Waals surface area contributed by atoms with Gasteiger partial charge in [0, 0.05) is 37.8 Å². The predicted octanol–water partition coefficient (Wildman–Crippen LogP) is 1.30. The molecule has 3 heteroatoms. The summed E-state index contributed by atoms with van der Waals surface area (Å²) >= 11 is 0. The molecule has 0 bridgehead atoms. The van der Waals surface area contributed by atoms with Gasteiger partial charge in [0.25, 0.3) is 0 Å². The SMILES string of the molecule is CC1CC(NCCN2CCCC2)CN1C1CC1. The highest BCUT2D eigenvalue weighted by Gasteiger charge is 2.38. The van der Waals surface area contributed by atoms with Gasteiger partial charge < -0.3 is 10.2 Å². The van der Waals surface area contributed by atoms with Crippen molar-refractivity contribution in [3.05, 3.63) is 0 Å². The number of rotatable bonds is 5. The van der Waals surface area contributed by atoms with E-state index in [0.717, 1.165) is 18.1 Å². The summed E-state index contributed by atoms with van der Waals surface area (Å²) in [4.78, 5) is 5.33. The molecule has 0 aromatic carbocycles. The molecule has 1 saturated carbocycles. The Kier molecular flexibility index (Phi) is 3.69. The van der Waals surface area contributed by atoms with Crippen molar-refractivity contribution in [3.8, 4) is 0 Å². The molecule has 0 aromatic rings. The van der Waals surface area contributed by atoms with E-state index in [-0.39, 0.29) is 0 Å². The van der Waals surface area contributed by atoms with Gasteiger partial charge in [0.2, 0.25) is 0 Å². The van der Waals surface area contributed by atoms with Crippen molar-refractivity contribution in [2.24, 2.45) is 0 Å². The van der Waals surface area contributed by atoms with Gasteiger partial charge in [-0.25, -0.2) is 0 Å². The molecule has 98 valence electrons. The fraction of sp³-hybridized carbons (Fsp3) is 1.00. The fourth-order valence-electron chi connectivity index (χ4n) is 3.55. The number of nitrogens with zero attached hydrogens (tertiary/aromatic N) is 2. The van der Waals surface area contributed by atoms with E-state index < -0.39 is 0 Å². The molecule has 17 heavy (non-hydrogen) atoms. The molecule has 1 aliphatic carbocycles. The quantitative estimate of drug-likeness (QED) is 0.777. The van der Waals surface area contributed by atoms with E-state index in [9.17, 15) is 0 Å². The highest BCUT2D eigenvalue weighted by Crippen LogP contribution is 2.33. The van der Waals surface area contributed by atoms with Crippen molar-refractivity contribution >= 4 is 0 Å². The zero-order chi connectivity index (χ0) is 11.7. The molecule has 0 spiro atoms. The van der Waals surface area contributed by atoms with Gasteiger partial charge in [-0.2, -0.15) is 0 Å². The van der Waals surface area contributed by atoms with Crippen LogP contribution in [-0.2, 0) is 0 Å². The maximum absolute atomic E-state index is 3.77. The number of likely N-dealkylation sites (tertiary alicyclic amines) is 2. The number of nitrogens with one attached hydrogen (secondary N) is 1. The van der Waals surface area contributed by atoms with Gasteiger partial charge in [-0.3, -0.25) is 4.90 Å². The van der Waals surface area contributed by atoms with Crippen molar-refractivity contribution in [2.45, 2.75) is 57.2 Å². The smallest absolute Gasteiger partial charge is 0.0210 e. The fourth-order valence-corrected chi connectivity index (χ4v) is 3.55. The maximum atomic E-state index is 3.77. The summed E-state index contributed by atoms with van der Waals surface area (Å²) in [6.07, 6.45) is 7.08. The average molecular weight is 237 g/mol. The Balaban J connectivity index is 1.35. The maximum Gasteiger partial charge on any atom is 0.0210 e. The number of hydrogen-bond donors (Lipinski definition) is 1. The second-order valence-electron chi connectivity index (χ2n) is 6.21. The van der Waals surface area contributed by atoms with Gasteiger partial charge in [-0.15, -0.1) is 0 Å². The van der Waals surface area contributed by atoms with Gasteiger partial charge in [0.1, 0.15) is 0 Å². The minimum Gasteiger partial charge on any atom is -0.311 e. The molecule has 0 radical (unpaired) electrons. The molecular formula is C14H27N3. The molecule has 2 saturated heterocycles. The van der Waals surface area contributed by atoms with Crippen LogP contribution >= 0.6 is 0 Å². The lowest BCUT2D eigenvalue weighted by Crippen LogP contribution is -2.38. The zero-order valence-electron chi connectivity index (χ0n) is 11.2. The summed E-state index contributed by atoms with van der Waals surface area (Å²) in [5, 5.41) is 3.77. The van der Waals surface area contributed by atoms with E-state index in [1.807, 2.05) is 0 Å². The van der Waals surface area contributed by atoms with Crippen molar-refractivity contribution in [1.82, 2.24) is 15.1 Å². The Morgan fingerprint density at radius 2 is 1.94 bits per heavy atom. The third kappa shape index (κ3) is 3.01. The topological polar surface area (TPSA) is 18.5 Å². The van der Waals surface area contributed by atoms with E-state index in [4.69, 9.17) is 0 Å². The van der Waals surface area contributed by atoms with Crippen LogP contribution in [0.4, 0.5) is 0 Å². The second kappa shape index (κ2) is 5.25. The van der Waals surface area contributed by atoms with Crippen molar-refractivity contribution in [1.29, 1.82) is 0 Å². The number of hydrogen-bond acceptors (Lipinski definition) is 3. The summed E-state index contributed by atoms with van der Waals surface area (Å²) < 4.78 is 0. The van der Waals surface area contributed by atoms with Crippen molar-refractivity contribution in [3.63, 3.8) is 0 Å². The average Bonchev–Trinajstić information content (AvgIpc) is 2.89. The predicted molar refractivity (Wildman–Crippen MR) is 71.3 cm³/mol. The highest BCUT2D eigenvalue weighted by atomic mass is 15.3. The molecule has 2 aliphatic heterocycles. The molecule has 3 rings (SSSR count). The molecule has 2 unspecified atom stereocenters. The van der Waals surface area contributed by atoms with E-state index >= 15 is 0 Å². The van der Waals surface area contributed by atoms with Gasteiger partial charge in [-0.1, -0.05) is 0 Å². The second-order valence-corrected chi connectivity index (χ2v) is 6.21. The minimum absolute atomic E-state index is 0.758. The van der Waals surface area contributed by atoms with Crippen LogP contribution in [0.2, 0.25) is 0 Å². The Hall–Kier alpha value is -0.120. The molecule has 1 N–H and O–H groups in total. The van der Waals surface area contributed by atoms with Crippen molar-refractivity contribution < 1.29 is 0 Å². The summed E-state index contributed by atoms with van der Waals surface area (Å²) in [6, 6.07) is 2.51. The van der Waals surface area contributed by atoms with E-state index in [1.165, 1.54) is 64.8 Å². The van der Waals surface area contributed by atoms with Gasteiger partial charge in [0.15, 0.2) is 0 Å². The molecule has 3 aliphatic rings. The van der Waals surface area contributed by atoms with E-state index in [2.05, 4.69) is 22.0 Å². The monoisotopic (exact) mass is 237 g/mol. The van der Waals surface area contributed by atoms with Crippen molar-refractivity contribution in [2.75, 3.05) is 32.7 Å². The highest BCUT2D eigenvalue weighted by molar-refractivity contribution is 4.95. The Bertz CT molecular complexity index is 246. The minimum atomic E-state index is 0.758. The first-order chi connectivity index (χ1) is 8.33. The van der Waals surface area contributed by atoms with E-state index in [0.29, 0.717) is 0 Å². The Morgan fingerprint density at radius 1 is 1.18 bits per heavy atom. The van der Waals surface area contributed by atoms with Crippen LogP contribution < -0.4 is 5.32 Å². The molecule has 2 heterocycles. The van der Waals surface area contributed by atoms with Gasteiger partial charge in [-0.05, 0) is 52.1 Å². The lowest BCUT2D eigenvalue weighted by Gasteiger charge is -2.20. The van der Waals surface area contributed by atoms with Gasteiger partial charge in [0.05, 0.1) is 0 Å². The van der Waals surface area contributed by atoms with Crippen LogP contribution in [-0.4, -0.2) is 60.6 Å². The van der Waals surface area contributed by atoms with E-state index in [1.54, 1.807) is 0 Å².